The summed E-state index contributed by atoms with van der Waals surface area (Å²) in [6, 6.07) is 0. The van der Waals surface area contributed by atoms with Crippen LogP contribution in [0, 0.1) is 5.41 Å². The molecule has 0 saturated heterocycles. The number of esters is 3. The van der Waals surface area contributed by atoms with Crippen LogP contribution in [0.5, 0.6) is 0 Å². The van der Waals surface area contributed by atoms with Crippen LogP contribution < -0.4 is 0 Å². The van der Waals surface area contributed by atoms with Gasteiger partial charge >= 0.3 is 17.9 Å². The molecule has 0 aromatic carbocycles. The maximum atomic E-state index is 12.1. The van der Waals surface area contributed by atoms with E-state index in [4.69, 9.17) is 14.2 Å². The summed E-state index contributed by atoms with van der Waals surface area (Å²) in [7, 11) is 0. The van der Waals surface area contributed by atoms with Gasteiger partial charge in [0.1, 0.15) is 6.10 Å². The highest BCUT2D eigenvalue weighted by Crippen LogP contribution is 2.47. The molecule has 0 spiro atoms. The minimum atomic E-state index is -1.37. The molecule has 19 heavy (non-hydrogen) atoms. The van der Waals surface area contributed by atoms with E-state index in [-0.39, 0.29) is 26.1 Å². The molecule has 1 heterocycles. The minimum absolute atomic E-state index is 0.0994. The molecule has 1 unspecified atom stereocenters. The molecule has 0 aromatic rings. The fourth-order valence-corrected chi connectivity index (χ4v) is 2.50. The molecule has 6 heteroatoms. The van der Waals surface area contributed by atoms with Gasteiger partial charge in [-0.05, 0) is 25.8 Å². The lowest BCUT2D eigenvalue weighted by atomic mass is 9.85. The zero-order valence-electron chi connectivity index (χ0n) is 10.9. The smallest absolute Gasteiger partial charge is 0.331 e. The van der Waals surface area contributed by atoms with Gasteiger partial charge in [-0.25, -0.2) is 4.79 Å². The van der Waals surface area contributed by atoms with Crippen molar-refractivity contribution in [3.05, 3.63) is 11.6 Å². The zero-order valence-corrected chi connectivity index (χ0v) is 10.9. The van der Waals surface area contributed by atoms with Gasteiger partial charge < -0.3 is 14.2 Å². The summed E-state index contributed by atoms with van der Waals surface area (Å²) in [6.07, 6.45) is 1.05. The Labute approximate surface area is 110 Å². The third-order valence-corrected chi connectivity index (χ3v) is 3.35. The summed E-state index contributed by atoms with van der Waals surface area (Å²) >= 11 is 0. The largest absolute Gasteiger partial charge is 0.465 e. The normalized spacial score (nSPS) is 23.4. The zero-order chi connectivity index (χ0) is 14.0. The molecular weight excluding hydrogens is 252 g/mol. The van der Waals surface area contributed by atoms with Crippen molar-refractivity contribution in [2.45, 2.75) is 32.8 Å². The Kier molecular flexibility index (Phi) is 3.59. The van der Waals surface area contributed by atoms with Gasteiger partial charge in [-0.15, -0.1) is 0 Å². The summed E-state index contributed by atoms with van der Waals surface area (Å²) < 4.78 is 15.0. The lowest BCUT2D eigenvalue weighted by Crippen LogP contribution is -2.40. The van der Waals surface area contributed by atoms with E-state index in [0.29, 0.717) is 5.57 Å². The lowest BCUT2D eigenvalue weighted by Gasteiger charge is -2.24. The predicted octanol–water partition coefficient (Wildman–Crippen LogP) is 0.745. The van der Waals surface area contributed by atoms with E-state index in [9.17, 15) is 14.4 Å². The first-order valence-corrected chi connectivity index (χ1v) is 6.29. The van der Waals surface area contributed by atoms with Crippen molar-refractivity contribution in [2.24, 2.45) is 5.41 Å². The Hall–Kier alpha value is -1.85. The van der Waals surface area contributed by atoms with Crippen LogP contribution in [0.25, 0.3) is 0 Å². The Morgan fingerprint density at radius 1 is 1.32 bits per heavy atom. The second-order valence-electron chi connectivity index (χ2n) is 4.55. The monoisotopic (exact) mass is 268 g/mol. The van der Waals surface area contributed by atoms with Crippen LogP contribution in [0.4, 0.5) is 0 Å². The predicted molar refractivity (Wildman–Crippen MR) is 62.9 cm³/mol. The SMILES string of the molecule is CCOC(=O)C1(C(=O)OCC)CC2=CC(=O)OC2C1. The van der Waals surface area contributed by atoms with E-state index in [2.05, 4.69) is 0 Å². The summed E-state index contributed by atoms with van der Waals surface area (Å²) in [4.78, 5) is 35.3. The van der Waals surface area contributed by atoms with Gasteiger partial charge in [0.2, 0.25) is 0 Å². The fraction of sp³-hybridized carbons (Fsp3) is 0.615. The van der Waals surface area contributed by atoms with E-state index < -0.39 is 29.4 Å². The van der Waals surface area contributed by atoms with Crippen LogP contribution in [-0.2, 0) is 28.6 Å². The van der Waals surface area contributed by atoms with Crippen LogP contribution in [0.2, 0.25) is 0 Å². The average molecular weight is 268 g/mol. The van der Waals surface area contributed by atoms with Crippen molar-refractivity contribution in [2.75, 3.05) is 13.2 Å². The molecule has 6 nitrogen and oxygen atoms in total. The number of hydrogen-bond donors (Lipinski definition) is 0. The second kappa shape index (κ2) is 5.03. The Bertz CT molecular complexity index is 432. The van der Waals surface area contributed by atoms with Gasteiger partial charge in [0, 0.05) is 12.5 Å². The van der Waals surface area contributed by atoms with Gasteiger partial charge in [0.05, 0.1) is 13.2 Å². The summed E-state index contributed by atoms with van der Waals surface area (Å²) in [5, 5.41) is 0. The molecule has 104 valence electrons. The van der Waals surface area contributed by atoms with Crippen LogP contribution in [0.15, 0.2) is 11.6 Å². The number of hydrogen-bond acceptors (Lipinski definition) is 6. The van der Waals surface area contributed by atoms with Gasteiger partial charge in [-0.3, -0.25) is 9.59 Å². The van der Waals surface area contributed by atoms with Gasteiger partial charge in [0.15, 0.2) is 5.41 Å². The molecule has 1 atom stereocenters. The topological polar surface area (TPSA) is 78.9 Å². The first-order chi connectivity index (χ1) is 9.03. The molecule has 0 bridgehead atoms. The summed E-state index contributed by atoms with van der Waals surface area (Å²) in [5.74, 6) is -1.65. The van der Waals surface area contributed by atoms with Gasteiger partial charge in [0.25, 0.3) is 0 Å². The molecule has 0 aromatic heterocycles. The Balaban J connectivity index is 2.27. The number of carbonyl (C=O) groups is 3. The van der Waals surface area contributed by atoms with Crippen molar-refractivity contribution in [1.82, 2.24) is 0 Å². The first-order valence-electron chi connectivity index (χ1n) is 6.29. The molecule has 0 amide bonds. The Morgan fingerprint density at radius 2 is 1.89 bits per heavy atom. The highest BCUT2D eigenvalue weighted by Gasteiger charge is 2.58. The lowest BCUT2D eigenvalue weighted by molar-refractivity contribution is -0.173. The summed E-state index contributed by atoms with van der Waals surface area (Å²) in [5.41, 5.74) is -0.713. The van der Waals surface area contributed by atoms with Crippen LogP contribution >= 0.6 is 0 Å². The fourth-order valence-electron chi connectivity index (χ4n) is 2.50. The summed E-state index contributed by atoms with van der Waals surface area (Å²) in [6.45, 7) is 3.71. The van der Waals surface area contributed by atoms with Crippen LogP contribution in [0.1, 0.15) is 26.7 Å². The van der Waals surface area contributed by atoms with Crippen LogP contribution in [0.3, 0.4) is 0 Å². The number of ether oxygens (including phenoxy) is 3. The highest BCUT2D eigenvalue weighted by atomic mass is 16.6. The molecule has 1 aliphatic heterocycles. The van der Waals surface area contributed by atoms with Gasteiger partial charge in [-0.1, -0.05) is 0 Å². The van der Waals surface area contributed by atoms with Crippen molar-refractivity contribution in [3.63, 3.8) is 0 Å². The standard InChI is InChI=1S/C13H16O6/c1-3-17-11(15)13(12(16)18-4-2)6-8-5-10(14)19-9(8)7-13/h5,9H,3-4,6-7H2,1-2H3. The first kappa shape index (κ1) is 13.6. The minimum Gasteiger partial charge on any atom is -0.465 e. The van der Waals surface area contributed by atoms with Crippen LogP contribution in [-0.4, -0.2) is 37.2 Å². The van der Waals surface area contributed by atoms with Crippen molar-refractivity contribution < 1.29 is 28.6 Å². The van der Waals surface area contributed by atoms with E-state index in [0.717, 1.165) is 0 Å². The number of carbonyl (C=O) groups excluding carboxylic acids is 3. The second-order valence-corrected chi connectivity index (χ2v) is 4.55. The quantitative estimate of drug-likeness (QED) is 0.425. The molecule has 1 saturated carbocycles. The number of rotatable bonds is 4. The van der Waals surface area contributed by atoms with E-state index in [1.807, 2.05) is 0 Å². The molecule has 2 rings (SSSR count). The molecule has 2 aliphatic rings. The van der Waals surface area contributed by atoms with E-state index >= 15 is 0 Å². The van der Waals surface area contributed by atoms with Crippen molar-refractivity contribution in [1.29, 1.82) is 0 Å². The maximum absolute atomic E-state index is 12.1. The van der Waals surface area contributed by atoms with Gasteiger partial charge in [-0.2, -0.15) is 0 Å². The van der Waals surface area contributed by atoms with E-state index in [1.165, 1.54) is 6.08 Å². The number of fused-ring (bicyclic) bond motifs is 1. The molecule has 1 fully saturated rings. The third kappa shape index (κ3) is 2.22. The molecule has 0 N–H and O–H groups in total. The maximum Gasteiger partial charge on any atom is 0.331 e. The average Bonchev–Trinajstić information content (AvgIpc) is 2.84. The van der Waals surface area contributed by atoms with Crippen molar-refractivity contribution in [3.8, 4) is 0 Å². The molecule has 1 aliphatic carbocycles. The Morgan fingerprint density at radius 3 is 2.37 bits per heavy atom. The van der Waals surface area contributed by atoms with E-state index in [1.54, 1.807) is 13.8 Å². The molecule has 0 radical (unpaired) electrons. The van der Waals surface area contributed by atoms with Crippen molar-refractivity contribution >= 4 is 17.9 Å². The third-order valence-electron chi connectivity index (χ3n) is 3.35. The molecular formula is C13H16O6. The highest BCUT2D eigenvalue weighted by molar-refractivity contribution is 6.02.